The van der Waals surface area contributed by atoms with Gasteiger partial charge in [-0.1, -0.05) is 12.1 Å². The van der Waals surface area contributed by atoms with E-state index >= 15 is 0 Å². The zero-order valence-electron chi connectivity index (χ0n) is 11.1. The Balaban J connectivity index is 2.13. The molecule has 2 rings (SSSR count). The lowest BCUT2D eigenvalue weighted by Gasteiger charge is -2.05. The number of rotatable bonds is 4. The molecule has 1 unspecified atom stereocenters. The second-order valence-corrected chi connectivity index (χ2v) is 4.47. The molecule has 110 valence electrons. The zero-order chi connectivity index (χ0) is 15.6. The van der Waals surface area contributed by atoms with E-state index in [1.54, 1.807) is 6.07 Å². The van der Waals surface area contributed by atoms with Crippen LogP contribution in [-0.2, 0) is 14.4 Å². The highest BCUT2D eigenvalue weighted by molar-refractivity contribution is 6.16. The summed E-state index contributed by atoms with van der Waals surface area (Å²) in [7, 11) is 1.40. The molecule has 0 spiro atoms. The first-order chi connectivity index (χ1) is 9.93. The Morgan fingerprint density at radius 2 is 2.14 bits per heavy atom. The van der Waals surface area contributed by atoms with Crippen molar-refractivity contribution >= 4 is 23.7 Å². The van der Waals surface area contributed by atoms with E-state index in [0.717, 1.165) is 6.08 Å². The number of nitrogens with zero attached hydrogens (tertiary/aromatic N) is 1. The molecule has 0 radical (unpaired) electrons. The maximum absolute atomic E-state index is 11.9. The van der Waals surface area contributed by atoms with Crippen molar-refractivity contribution in [3.63, 3.8) is 0 Å². The molecule has 1 heterocycles. The number of amides is 2. The summed E-state index contributed by atoms with van der Waals surface area (Å²) in [6, 6.07) is 4.48. The van der Waals surface area contributed by atoms with Crippen LogP contribution < -0.4 is 4.74 Å². The number of hydrogen-bond acceptors (Lipinski definition) is 6. The molecule has 0 bridgehead atoms. The minimum atomic E-state index is -1.18. The van der Waals surface area contributed by atoms with Gasteiger partial charge in [0.05, 0.1) is 7.11 Å². The van der Waals surface area contributed by atoms with E-state index in [0.29, 0.717) is 5.56 Å². The van der Waals surface area contributed by atoms with E-state index in [9.17, 15) is 19.5 Å². The molecule has 1 aliphatic heterocycles. The van der Waals surface area contributed by atoms with E-state index in [4.69, 9.17) is 9.94 Å². The smallest absolute Gasteiger partial charge is 0.264 e. The molecule has 7 heteroatoms. The van der Waals surface area contributed by atoms with Crippen LogP contribution in [0.15, 0.2) is 24.3 Å². The molecule has 2 N–H and O–H groups in total. The number of ether oxygens (including phenoxy) is 1. The van der Waals surface area contributed by atoms with E-state index < -0.39 is 23.5 Å². The average molecular weight is 291 g/mol. The number of hydrogen-bond donors (Lipinski definition) is 2. The van der Waals surface area contributed by atoms with E-state index in [2.05, 4.69) is 0 Å². The first-order valence-electron chi connectivity index (χ1n) is 6.08. The van der Waals surface area contributed by atoms with Crippen LogP contribution >= 0.6 is 0 Å². The fourth-order valence-corrected chi connectivity index (χ4v) is 1.93. The molecule has 1 aromatic rings. The van der Waals surface area contributed by atoms with E-state index in [1.165, 1.54) is 25.3 Å². The van der Waals surface area contributed by atoms with Crippen molar-refractivity contribution in [3.8, 4) is 11.5 Å². The standard InChI is InChI=1S/C14H13NO6/c1-21-12-6-8(3-5-11(12)17)2-4-10(16)9-7-13(18)15(20)14(9)19/h2-6,9,17,20H,7H2,1H3/b4-2+. The quantitative estimate of drug-likeness (QED) is 0.367. The fourth-order valence-electron chi connectivity index (χ4n) is 1.93. The van der Waals surface area contributed by atoms with Crippen molar-refractivity contribution in [2.24, 2.45) is 5.92 Å². The summed E-state index contributed by atoms with van der Waals surface area (Å²) in [6.07, 6.45) is 2.25. The van der Waals surface area contributed by atoms with Gasteiger partial charge in [-0.05, 0) is 23.8 Å². The van der Waals surface area contributed by atoms with Gasteiger partial charge >= 0.3 is 0 Å². The van der Waals surface area contributed by atoms with Gasteiger partial charge in [-0.3, -0.25) is 19.6 Å². The van der Waals surface area contributed by atoms with Crippen LogP contribution in [0.4, 0.5) is 0 Å². The van der Waals surface area contributed by atoms with Gasteiger partial charge in [0.2, 0.25) is 0 Å². The van der Waals surface area contributed by atoms with Gasteiger partial charge in [-0.15, -0.1) is 0 Å². The third-order valence-corrected chi connectivity index (χ3v) is 3.11. The van der Waals surface area contributed by atoms with Crippen molar-refractivity contribution in [3.05, 3.63) is 29.8 Å². The third kappa shape index (κ3) is 2.92. The number of hydroxylamine groups is 2. The molecule has 1 saturated heterocycles. The van der Waals surface area contributed by atoms with E-state index in [1.807, 2.05) is 0 Å². The van der Waals surface area contributed by atoms with Gasteiger partial charge < -0.3 is 9.84 Å². The summed E-state index contributed by atoms with van der Waals surface area (Å²) >= 11 is 0. The highest BCUT2D eigenvalue weighted by Gasteiger charge is 2.41. The second kappa shape index (κ2) is 5.76. The normalized spacial score (nSPS) is 18.6. The highest BCUT2D eigenvalue weighted by Crippen LogP contribution is 2.27. The zero-order valence-corrected chi connectivity index (χ0v) is 11.1. The Bertz CT molecular complexity index is 636. The van der Waals surface area contributed by atoms with Gasteiger partial charge in [0, 0.05) is 6.42 Å². The number of phenolic OH excluding ortho intramolecular Hbond substituents is 1. The molecular weight excluding hydrogens is 278 g/mol. The highest BCUT2D eigenvalue weighted by atomic mass is 16.5. The van der Waals surface area contributed by atoms with Gasteiger partial charge in [0.25, 0.3) is 11.8 Å². The summed E-state index contributed by atoms with van der Waals surface area (Å²) in [5.74, 6) is -3.25. The Kier molecular flexibility index (Phi) is 4.04. The summed E-state index contributed by atoms with van der Waals surface area (Å²) in [5.41, 5.74) is 0.579. The van der Waals surface area contributed by atoms with Gasteiger partial charge in [0.15, 0.2) is 17.3 Å². The van der Waals surface area contributed by atoms with Crippen molar-refractivity contribution in [1.82, 2.24) is 5.06 Å². The monoisotopic (exact) mass is 291 g/mol. The number of aromatic hydroxyl groups is 1. The molecule has 0 aromatic heterocycles. The first-order valence-corrected chi connectivity index (χ1v) is 6.08. The van der Waals surface area contributed by atoms with Gasteiger partial charge in [0.1, 0.15) is 5.92 Å². The minimum absolute atomic E-state index is 0.0278. The number of benzene rings is 1. The fraction of sp³-hybridized carbons (Fsp3) is 0.214. The van der Waals surface area contributed by atoms with Crippen molar-refractivity contribution < 1.29 is 29.4 Å². The van der Waals surface area contributed by atoms with Crippen LogP contribution in [0.1, 0.15) is 12.0 Å². The number of allylic oxidation sites excluding steroid dienone is 1. The Hall–Kier alpha value is -2.67. The van der Waals surface area contributed by atoms with Crippen LogP contribution in [0.3, 0.4) is 0 Å². The minimum Gasteiger partial charge on any atom is -0.504 e. The number of ketones is 1. The van der Waals surface area contributed by atoms with Gasteiger partial charge in [-0.2, -0.15) is 5.06 Å². The number of phenols is 1. The molecule has 0 aliphatic carbocycles. The Labute approximate surface area is 120 Å². The number of imide groups is 1. The predicted octanol–water partition coefficient (Wildman–Crippen LogP) is 0.747. The number of carbonyl (C=O) groups excluding carboxylic acids is 3. The lowest BCUT2D eigenvalue weighted by Crippen LogP contribution is -2.28. The van der Waals surface area contributed by atoms with Crippen LogP contribution in [0.5, 0.6) is 11.5 Å². The summed E-state index contributed by atoms with van der Waals surface area (Å²) in [5, 5.41) is 18.5. The SMILES string of the molecule is COc1cc(/C=C/C(=O)C2CC(=O)N(O)C2=O)ccc1O. The van der Waals surface area contributed by atoms with Crippen LogP contribution in [0, 0.1) is 5.92 Å². The Morgan fingerprint density at radius 3 is 2.71 bits per heavy atom. The summed E-state index contributed by atoms with van der Waals surface area (Å²) < 4.78 is 4.93. The maximum Gasteiger partial charge on any atom is 0.264 e. The summed E-state index contributed by atoms with van der Waals surface area (Å²) in [4.78, 5) is 34.5. The van der Waals surface area contributed by atoms with E-state index in [-0.39, 0.29) is 23.0 Å². The third-order valence-electron chi connectivity index (χ3n) is 3.11. The molecule has 2 amide bonds. The molecule has 21 heavy (non-hydrogen) atoms. The average Bonchev–Trinajstić information content (AvgIpc) is 2.73. The van der Waals surface area contributed by atoms with Crippen molar-refractivity contribution in [1.29, 1.82) is 0 Å². The molecule has 0 saturated carbocycles. The van der Waals surface area contributed by atoms with Crippen LogP contribution in [-0.4, -0.2) is 40.1 Å². The maximum atomic E-state index is 11.9. The molecule has 1 atom stereocenters. The first kappa shape index (κ1) is 14.7. The van der Waals surface area contributed by atoms with Crippen LogP contribution in [0.2, 0.25) is 0 Å². The molecule has 1 fully saturated rings. The topological polar surface area (TPSA) is 104 Å². The van der Waals surface area contributed by atoms with Crippen molar-refractivity contribution in [2.45, 2.75) is 6.42 Å². The molecule has 7 nitrogen and oxygen atoms in total. The van der Waals surface area contributed by atoms with Gasteiger partial charge in [-0.25, -0.2) is 0 Å². The number of methoxy groups -OCH3 is 1. The van der Waals surface area contributed by atoms with Crippen LogP contribution in [0.25, 0.3) is 6.08 Å². The largest absolute Gasteiger partial charge is 0.504 e. The lowest BCUT2D eigenvalue weighted by atomic mass is 10.0. The Morgan fingerprint density at radius 1 is 1.43 bits per heavy atom. The van der Waals surface area contributed by atoms with Crippen molar-refractivity contribution in [2.75, 3.05) is 7.11 Å². The summed E-state index contributed by atoms with van der Waals surface area (Å²) in [6.45, 7) is 0. The molecular formula is C14H13NO6. The lowest BCUT2D eigenvalue weighted by molar-refractivity contribution is -0.172. The predicted molar refractivity (Wildman–Crippen MR) is 70.4 cm³/mol. The second-order valence-electron chi connectivity index (χ2n) is 4.47. The molecule has 1 aliphatic rings. The number of carbonyl (C=O) groups is 3. The molecule has 1 aromatic carbocycles.